The van der Waals surface area contributed by atoms with Crippen molar-refractivity contribution in [1.29, 1.82) is 0 Å². The third-order valence-corrected chi connectivity index (χ3v) is 5.72. The van der Waals surface area contributed by atoms with E-state index in [1.807, 2.05) is 37.3 Å². The first-order valence-corrected chi connectivity index (χ1v) is 10.7. The summed E-state index contributed by atoms with van der Waals surface area (Å²) < 4.78 is 6.90. The molecule has 0 fully saturated rings. The molecule has 2 aromatic carbocycles. The average molecular weight is 436 g/mol. The van der Waals surface area contributed by atoms with Gasteiger partial charge in [0, 0.05) is 0 Å². The Morgan fingerprint density at radius 3 is 2.68 bits per heavy atom. The van der Waals surface area contributed by atoms with Crippen LogP contribution in [-0.2, 0) is 16.1 Å². The van der Waals surface area contributed by atoms with Crippen LogP contribution in [-0.4, -0.2) is 32.3 Å². The van der Waals surface area contributed by atoms with Gasteiger partial charge < -0.3 is 15.5 Å². The molecule has 2 amide bonds. The smallest absolute Gasteiger partial charge is 0.237 e. The summed E-state index contributed by atoms with van der Waals surface area (Å²) in [5.74, 6) is 0.279. The van der Waals surface area contributed by atoms with Crippen molar-refractivity contribution in [3.05, 3.63) is 66.4 Å². The number of nitrogens with two attached hydrogens (primary N) is 1. The number of hydrogen-bond acceptors (Lipinski definition) is 6. The van der Waals surface area contributed by atoms with Gasteiger partial charge in [0.05, 0.1) is 18.1 Å². The van der Waals surface area contributed by atoms with E-state index in [-0.39, 0.29) is 24.2 Å². The van der Waals surface area contributed by atoms with E-state index in [1.165, 1.54) is 18.0 Å². The van der Waals surface area contributed by atoms with Crippen molar-refractivity contribution in [1.82, 2.24) is 20.1 Å². The van der Waals surface area contributed by atoms with Crippen LogP contribution in [0.1, 0.15) is 18.5 Å². The average Bonchev–Trinajstić information content (AvgIpc) is 3.41. The van der Waals surface area contributed by atoms with Crippen molar-refractivity contribution in [2.24, 2.45) is 5.73 Å². The first-order valence-electron chi connectivity index (χ1n) is 9.67. The number of benzene rings is 2. The van der Waals surface area contributed by atoms with Crippen LogP contribution in [0.15, 0.2) is 70.4 Å². The molecule has 2 heterocycles. The van der Waals surface area contributed by atoms with E-state index >= 15 is 0 Å². The molecule has 3 N–H and O–H groups in total. The maximum absolute atomic E-state index is 12.5. The minimum Gasteiger partial charge on any atom is -0.461 e. The lowest BCUT2D eigenvalue weighted by Gasteiger charge is -2.15. The lowest BCUT2D eigenvalue weighted by Crippen LogP contribution is -2.28. The number of thioether (sulfide) groups is 1. The summed E-state index contributed by atoms with van der Waals surface area (Å²) in [6.45, 7) is 1.83. The number of carbonyl (C=O) groups is 2. The number of hydrogen-bond donors (Lipinski definition) is 2. The number of fused-ring (bicyclic) bond motifs is 1. The molecule has 0 spiro atoms. The van der Waals surface area contributed by atoms with Crippen molar-refractivity contribution in [2.75, 3.05) is 5.75 Å². The maximum atomic E-state index is 12.5. The largest absolute Gasteiger partial charge is 0.461 e. The fourth-order valence-corrected chi connectivity index (χ4v) is 4.00. The first kappa shape index (κ1) is 20.7. The van der Waals surface area contributed by atoms with Gasteiger partial charge in [-0.1, -0.05) is 48.2 Å². The molecule has 0 aliphatic heterocycles. The molecule has 0 radical (unpaired) electrons. The van der Waals surface area contributed by atoms with E-state index in [0.29, 0.717) is 16.7 Å². The SMILES string of the molecule is C[C@@H](NC(=O)CSc1nnc(-c2ccco2)n1CC(N)=O)c1ccc2ccccc2c1. The molecular weight excluding hydrogens is 414 g/mol. The van der Waals surface area contributed by atoms with E-state index in [1.54, 1.807) is 16.7 Å². The van der Waals surface area contributed by atoms with Crippen LogP contribution >= 0.6 is 11.8 Å². The van der Waals surface area contributed by atoms with Gasteiger partial charge in [0.25, 0.3) is 0 Å². The Hall–Kier alpha value is -3.59. The Labute approximate surface area is 182 Å². The molecule has 158 valence electrons. The summed E-state index contributed by atoms with van der Waals surface area (Å²) in [6.07, 6.45) is 1.51. The highest BCUT2D eigenvalue weighted by Gasteiger charge is 2.19. The second-order valence-electron chi connectivity index (χ2n) is 7.02. The highest BCUT2D eigenvalue weighted by Crippen LogP contribution is 2.25. The van der Waals surface area contributed by atoms with Crippen LogP contribution in [0.5, 0.6) is 0 Å². The van der Waals surface area contributed by atoms with Gasteiger partial charge in [-0.3, -0.25) is 14.2 Å². The lowest BCUT2D eigenvalue weighted by atomic mass is 10.0. The fraction of sp³-hybridized carbons (Fsp3) is 0.182. The minimum atomic E-state index is -0.538. The molecule has 4 rings (SSSR count). The third-order valence-electron chi connectivity index (χ3n) is 4.76. The van der Waals surface area contributed by atoms with Gasteiger partial charge >= 0.3 is 0 Å². The van der Waals surface area contributed by atoms with Crippen LogP contribution in [0.3, 0.4) is 0 Å². The number of nitrogens with zero attached hydrogens (tertiary/aromatic N) is 3. The molecule has 1 atom stereocenters. The van der Waals surface area contributed by atoms with Crippen LogP contribution in [0.2, 0.25) is 0 Å². The Balaban J connectivity index is 1.42. The van der Waals surface area contributed by atoms with Gasteiger partial charge in [0.2, 0.25) is 17.6 Å². The molecule has 0 aliphatic rings. The monoisotopic (exact) mass is 435 g/mol. The van der Waals surface area contributed by atoms with E-state index in [2.05, 4.69) is 27.6 Å². The Morgan fingerprint density at radius 2 is 1.94 bits per heavy atom. The zero-order valence-corrected chi connectivity index (χ0v) is 17.6. The number of primary amides is 1. The van der Waals surface area contributed by atoms with Crippen LogP contribution in [0.4, 0.5) is 0 Å². The summed E-state index contributed by atoms with van der Waals surface area (Å²) in [5, 5.41) is 13.9. The molecule has 31 heavy (non-hydrogen) atoms. The number of aromatic nitrogens is 3. The predicted octanol–water partition coefficient (Wildman–Crippen LogP) is 3.15. The lowest BCUT2D eigenvalue weighted by molar-refractivity contribution is -0.119. The summed E-state index contributed by atoms with van der Waals surface area (Å²) in [4.78, 5) is 24.0. The van der Waals surface area contributed by atoms with E-state index in [4.69, 9.17) is 10.2 Å². The topological polar surface area (TPSA) is 116 Å². The molecule has 0 aliphatic carbocycles. The van der Waals surface area contributed by atoms with Crippen molar-refractivity contribution < 1.29 is 14.0 Å². The number of carbonyl (C=O) groups excluding carboxylic acids is 2. The zero-order valence-electron chi connectivity index (χ0n) is 16.8. The second kappa shape index (κ2) is 9.05. The number of furan rings is 1. The first-order chi connectivity index (χ1) is 15.0. The second-order valence-corrected chi connectivity index (χ2v) is 7.96. The highest BCUT2D eigenvalue weighted by molar-refractivity contribution is 7.99. The summed E-state index contributed by atoms with van der Waals surface area (Å²) in [6, 6.07) is 17.5. The molecule has 0 bridgehead atoms. The summed E-state index contributed by atoms with van der Waals surface area (Å²) in [7, 11) is 0. The quantitative estimate of drug-likeness (QED) is 0.411. The van der Waals surface area contributed by atoms with Crippen molar-refractivity contribution in [3.63, 3.8) is 0 Å². The molecule has 0 saturated carbocycles. The maximum Gasteiger partial charge on any atom is 0.237 e. The van der Waals surface area contributed by atoms with Gasteiger partial charge in [0.15, 0.2) is 10.9 Å². The van der Waals surface area contributed by atoms with Crippen LogP contribution in [0, 0.1) is 0 Å². The van der Waals surface area contributed by atoms with Crippen molar-refractivity contribution in [3.8, 4) is 11.6 Å². The van der Waals surface area contributed by atoms with Gasteiger partial charge in [0.1, 0.15) is 6.54 Å². The Bertz CT molecular complexity index is 1220. The predicted molar refractivity (Wildman–Crippen MR) is 118 cm³/mol. The van der Waals surface area contributed by atoms with Crippen molar-refractivity contribution in [2.45, 2.75) is 24.7 Å². The van der Waals surface area contributed by atoms with E-state index in [0.717, 1.165) is 16.3 Å². The van der Waals surface area contributed by atoms with Crippen LogP contribution < -0.4 is 11.1 Å². The number of rotatable bonds is 8. The normalized spacial score (nSPS) is 12.0. The zero-order chi connectivity index (χ0) is 21.8. The molecule has 8 nitrogen and oxygen atoms in total. The molecule has 2 aromatic heterocycles. The highest BCUT2D eigenvalue weighted by atomic mass is 32.2. The minimum absolute atomic E-state index is 0.111. The van der Waals surface area contributed by atoms with Gasteiger partial charge in [-0.15, -0.1) is 10.2 Å². The van der Waals surface area contributed by atoms with Crippen LogP contribution in [0.25, 0.3) is 22.4 Å². The summed E-state index contributed by atoms with van der Waals surface area (Å²) >= 11 is 1.18. The van der Waals surface area contributed by atoms with E-state index < -0.39 is 5.91 Å². The number of amides is 2. The molecule has 9 heteroatoms. The fourth-order valence-electron chi connectivity index (χ4n) is 3.26. The van der Waals surface area contributed by atoms with Gasteiger partial charge in [-0.25, -0.2) is 0 Å². The Morgan fingerprint density at radius 1 is 1.13 bits per heavy atom. The molecule has 0 unspecified atom stereocenters. The van der Waals surface area contributed by atoms with Gasteiger partial charge in [-0.2, -0.15) is 0 Å². The third kappa shape index (κ3) is 4.77. The summed E-state index contributed by atoms with van der Waals surface area (Å²) in [5.41, 5.74) is 6.39. The van der Waals surface area contributed by atoms with E-state index in [9.17, 15) is 9.59 Å². The molecular formula is C22H21N5O3S. The molecule has 0 saturated heterocycles. The Kier molecular flexibility index (Phi) is 6.03. The van der Waals surface area contributed by atoms with Crippen molar-refractivity contribution >= 4 is 34.3 Å². The van der Waals surface area contributed by atoms with Gasteiger partial charge in [-0.05, 0) is 41.5 Å². The molecule has 4 aromatic rings. The standard InChI is InChI=1S/C22H21N5O3S/c1-14(16-9-8-15-5-2-3-6-17(15)11-16)24-20(29)13-31-22-26-25-21(18-7-4-10-30-18)27(22)12-19(23)28/h2-11,14H,12-13H2,1H3,(H2,23,28)(H,24,29)/t14-/m1/s1. The number of nitrogens with one attached hydrogen (secondary N) is 1.